The van der Waals surface area contributed by atoms with Crippen LogP contribution in [0, 0.1) is 12.8 Å². The van der Waals surface area contributed by atoms with Crippen molar-refractivity contribution in [1.29, 1.82) is 0 Å². The highest BCUT2D eigenvalue weighted by molar-refractivity contribution is 6.31. The first-order chi connectivity index (χ1) is 10.0. The third kappa shape index (κ3) is 3.61. The highest BCUT2D eigenvalue weighted by atomic mass is 35.5. The Morgan fingerprint density at radius 2 is 2.05 bits per heavy atom. The van der Waals surface area contributed by atoms with Crippen molar-refractivity contribution in [2.24, 2.45) is 5.92 Å². The van der Waals surface area contributed by atoms with Crippen molar-refractivity contribution in [1.82, 2.24) is 5.32 Å². The van der Waals surface area contributed by atoms with Crippen LogP contribution in [0.15, 0.2) is 18.2 Å². The smallest absolute Gasteiger partial charge is 0.0876 e. The van der Waals surface area contributed by atoms with Gasteiger partial charge in [-0.3, -0.25) is 0 Å². The first-order valence-corrected chi connectivity index (χ1v) is 8.47. The Morgan fingerprint density at radius 3 is 2.57 bits per heavy atom. The van der Waals surface area contributed by atoms with Gasteiger partial charge in [0, 0.05) is 11.6 Å². The average molecular weight is 310 g/mol. The number of hydrogen-bond acceptors (Lipinski definition) is 2. The van der Waals surface area contributed by atoms with E-state index >= 15 is 0 Å². The summed E-state index contributed by atoms with van der Waals surface area (Å²) < 4.78 is 6.29. The summed E-state index contributed by atoms with van der Waals surface area (Å²) in [6.45, 7) is 7.23. The molecule has 1 aromatic rings. The standard InChI is InChI=1S/C18H28ClNO/c1-5-21-18(10-8-13(2)9-11-18)17(20-4)15-7-6-14(3)16(19)12-15/h6-7,12-13,17,20H,5,8-11H2,1-4H3. The Labute approximate surface area is 134 Å². The molecule has 1 aliphatic carbocycles. The van der Waals surface area contributed by atoms with E-state index in [4.69, 9.17) is 16.3 Å². The minimum Gasteiger partial charge on any atom is -0.373 e. The molecule has 1 saturated carbocycles. The van der Waals surface area contributed by atoms with Crippen LogP contribution >= 0.6 is 11.6 Å². The van der Waals surface area contributed by atoms with E-state index in [1.807, 2.05) is 14.0 Å². The zero-order valence-corrected chi connectivity index (χ0v) is 14.5. The molecule has 21 heavy (non-hydrogen) atoms. The van der Waals surface area contributed by atoms with Gasteiger partial charge in [-0.2, -0.15) is 0 Å². The molecule has 0 spiro atoms. The molecule has 3 heteroatoms. The van der Waals surface area contributed by atoms with Crippen LogP contribution in [0.4, 0.5) is 0 Å². The summed E-state index contributed by atoms with van der Waals surface area (Å²) in [4.78, 5) is 0. The summed E-state index contributed by atoms with van der Waals surface area (Å²) in [5, 5.41) is 4.33. The molecule has 1 N–H and O–H groups in total. The lowest BCUT2D eigenvalue weighted by molar-refractivity contribution is -0.0962. The molecule has 0 aliphatic heterocycles. The van der Waals surface area contributed by atoms with Gasteiger partial charge < -0.3 is 10.1 Å². The summed E-state index contributed by atoms with van der Waals surface area (Å²) in [6.07, 6.45) is 4.69. The summed E-state index contributed by atoms with van der Waals surface area (Å²) in [6, 6.07) is 6.58. The molecule has 0 saturated heterocycles. The van der Waals surface area contributed by atoms with Gasteiger partial charge >= 0.3 is 0 Å². The molecule has 0 amide bonds. The number of likely N-dealkylation sites (N-methyl/N-ethyl adjacent to an activating group) is 1. The molecule has 1 unspecified atom stereocenters. The first-order valence-electron chi connectivity index (χ1n) is 8.09. The fraction of sp³-hybridized carbons (Fsp3) is 0.667. The number of nitrogens with one attached hydrogen (secondary N) is 1. The number of benzene rings is 1. The molecular formula is C18H28ClNO. The lowest BCUT2D eigenvalue weighted by atomic mass is 9.73. The van der Waals surface area contributed by atoms with Gasteiger partial charge in [-0.25, -0.2) is 0 Å². The topological polar surface area (TPSA) is 21.3 Å². The predicted octanol–water partition coefficient (Wildman–Crippen LogP) is 4.89. The van der Waals surface area contributed by atoms with E-state index in [1.54, 1.807) is 0 Å². The van der Waals surface area contributed by atoms with Crippen LogP contribution in [0.25, 0.3) is 0 Å². The first kappa shape index (κ1) is 16.8. The van der Waals surface area contributed by atoms with Crippen molar-refractivity contribution >= 4 is 11.6 Å². The van der Waals surface area contributed by atoms with Crippen LogP contribution in [-0.4, -0.2) is 19.3 Å². The molecule has 2 rings (SSSR count). The minimum atomic E-state index is -0.103. The number of hydrogen-bond donors (Lipinski definition) is 1. The average Bonchev–Trinajstić information content (AvgIpc) is 2.47. The summed E-state index contributed by atoms with van der Waals surface area (Å²) >= 11 is 6.33. The quantitative estimate of drug-likeness (QED) is 0.835. The van der Waals surface area contributed by atoms with E-state index in [1.165, 1.54) is 18.4 Å². The van der Waals surface area contributed by atoms with Crippen molar-refractivity contribution in [2.45, 2.75) is 58.1 Å². The normalized spacial score (nSPS) is 27.6. The molecule has 0 aromatic heterocycles. The minimum absolute atomic E-state index is 0.103. The monoisotopic (exact) mass is 309 g/mol. The molecule has 1 aliphatic rings. The molecule has 1 fully saturated rings. The summed E-state index contributed by atoms with van der Waals surface area (Å²) in [5.41, 5.74) is 2.25. The Morgan fingerprint density at radius 1 is 1.38 bits per heavy atom. The summed E-state index contributed by atoms with van der Waals surface area (Å²) in [7, 11) is 2.03. The van der Waals surface area contributed by atoms with Gasteiger partial charge in [0.2, 0.25) is 0 Å². The predicted molar refractivity (Wildman–Crippen MR) is 90.0 cm³/mol. The van der Waals surface area contributed by atoms with Gasteiger partial charge in [0.25, 0.3) is 0 Å². The Kier molecular flexibility index (Phi) is 5.70. The van der Waals surface area contributed by atoms with Gasteiger partial charge in [-0.15, -0.1) is 0 Å². The second-order valence-corrected chi connectivity index (χ2v) is 6.82. The highest BCUT2D eigenvalue weighted by Crippen LogP contribution is 2.43. The second kappa shape index (κ2) is 7.13. The number of ether oxygens (including phenoxy) is 1. The largest absolute Gasteiger partial charge is 0.373 e. The van der Waals surface area contributed by atoms with Crippen LogP contribution in [-0.2, 0) is 4.74 Å². The maximum absolute atomic E-state index is 6.33. The van der Waals surface area contributed by atoms with Crippen molar-refractivity contribution in [3.8, 4) is 0 Å². The Balaban J connectivity index is 2.33. The highest BCUT2D eigenvalue weighted by Gasteiger charge is 2.42. The Hall–Kier alpha value is -0.570. The van der Waals surface area contributed by atoms with Gasteiger partial charge in [0.1, 0.15) is 0 Å². The molecular weight excluding hydrogens is 282 g/mol. The third-order valence-electron chi connectivity index (χ3n) is 4.90. The van der Waals surface area contributed by atoms with E-state index < -0.39 is 0 Å². The second-order valence-electron chi connectivity index (χ2n) is 6.41. The van der Waals surface area contributed by atoms with Crippen molar-refractivity contribution in [3.05, 3.63) is 34.3 Å². The molecule has 118 valence electrons. The lowest BCUT2D eigenvalue weighted by Crippen LogP contribution is -2.47. The molecule has 0 heterocycles. The van der Waals surface area contributed by atoms with E-state index in [-0.39, 0.29) is 11.6 Å². The maximum atomic E-state index is 6.33. The molecule has 1 atom stereocenters. The SMILES string of the molecule is CCOC1(C(NC)c2ccc(C)c(Cl)c2)CCC(C)CC1. The van der Waals surface area contributed by atoms with Gasteiger partial charge in [-0.1, -0.05) is 30.7 Å². The van der Waals surface area contributed by atoms with Gasteiger partial charge in [0.05, 0.1) is 11.6 Å². The molecule has 0 radical (unpaired) electrons. The van der Waals surface area contributed by atoms with E-state index in [9.17, 15) is 0 Å². The molecule has 2 nitrogen and oxygen atoms in total. The number of rotatable bonds is 5. The number of halogens is 1. The Bertz CT molecular complexity index is 466. The zero-order valence-electron chi connectivity index (χ0n) is 13.7. The van der Waals surface area contributed by atoms with E-state index in [0.717, 1.165) is 36.0 Å². The van der Waals surface area contributed by atoms with Crippen LogP contribution in [0.5, 0.6) is 0 Å². The number of aryl methyl sites for hydroxylation is 1. The van der Waals surface area contributed by atoms with Crippen LogP contribution in [0.3, 0.4) is 0 Å². The lowest BCUT2D eigenvalue weighted by Gasteiger charge is -2.45. The van der Waals surface area contributed by atoms with Crippen molar-refractivity contribution in [3.63, 3.8) is 0 Å². The fourth-order valence-electron chi connectivity index (χ4n) is 3.58. The molecule has 0 bridgehead atoms. The van der Waals surface area contributed by atoms with Crippen molar-refractivity contribution < 1.29 is 4.74 Å². The maximum Gasteiger partial charge on any atom is 0.0876 e. The fourth-order valence-corrected chi connectivity index (χ4v) is 3.77. The van der Waals surface area contributed by atoms with E-state index in [0.29, 0.717) is 0 Å². The van der Waals surface area contributed by atoms with Crippen molar-refractivity contribution in [2.75, 3.05) is 13.7 Å². The third-order valence-corrected chi connectivity index (χ3v) is 5.30. The van der Waals surface area contributed by atoms with Crippen LogP contribution in [0.2, 0.25) is 5.02 Å². The van der Waals surface area contributed by atoms with Crippen LogP contribution in [0.1, 0.15) is 56.7 Å². The zero-order chi connectivity index (χ0) is 15.5. The van der Waals surface area contributed by atoms with E-state index in [2.05, 4.69) is 37.4 Å². The summed E-state index contributed by atoms with van der Waals surface area (Å²) in [5.74, 6) is 0.803. The van der Waals surface area contributed by atoms with Gasteiger partial charge in [-0.05, 0) is 69.7 Å². The van der Waals surface area contributed by atoms with Gasteiger partial charge in [0.15, 0.2) is 0 Å². The van der Waals surface area contributed by atoms with Crippen LogP contribution < -0.4 is 5.32 Å². The molecule has 1 aromatic carbocycles.